The first-order valence-corrected chi connectivity index (χ1v) is 11.5. The van der Waals surface area contributed by atoms with Crippen LogP contribution in [0.1, 0.15) is 27.3 Å². The van der Waals surface area contributed by atoms with Gasteiger partial charge >= 0.3 is 0 Å². The van der Waals surface area contributed by atoms with Gasteiger partial charge in [-0.3, -0.25) is 14.9 Å². The fourth-order valence-corrected chi connectivity index (χ4v) is 3.89. The number of fused-ring (bicyclic) bond motifs is 1. The molecular weight excluding hydrogens is 434 g/mol. The smallest absolute Gasteiger partial charge is 0.253 e. The van der Waals surface area contributed by atoms with E-state index in [0.29, 0.717) is 12.1 Å². The molecule has 0 aliphatic heterocycles. The van der Waals surface area contributed by atoms with E-state index in [-0.39, 0.29) is 5.91 Å². The minimum atomic E-state index is -0.103. The second-order valence-electron chi connectivity index (χ2n) is 8.12. The molecule has 2 heterocycles. The van der Waals surface area contributed by atoms with Crippen LogP contribution in [0.25, 0.3) is 23.1 Å². The number of benzene rings is 3. The van der Waals surface area contributed by atoms with E-state index in [4.69, 9.17) is 0 Å². The van der Waals surface area contributed by atoms with E-state index in [2.05, 4.69) is 37.9 Å². The molecule has 0 atom stereocenters. The Balaban J connectivity index is 1.28. The summed E-state index contributed by atoms with van der Waals surface area (Å²) in [5, 5.41) is 14.9. The molecule has 5 rings (SSSR count). The number of para-hydroxylation sites is 1. The Morgan fingerprint density at radius 2 is 1.71 bits per heavy atom. The number of amides is 1. The fraction of sp³-hybridized carbons (Fsp3) is 0.0690. The summed E-state index contributed by atoms with van der Waals surface area (Å²) in [5.74, 6) is -0.103. The Morgan fingerprint density at radius 3 is 2.57 bits per heavy atom. The second-order valence-corrected chi connectivity index (χ2v) is 8.12. The van der Waals surface area contributed by atoms with E-state index in [1.54, 1.807) is 6.20 Å². The molecular formula is C29H25N5O. The van der Waals surface area contributed by atoms with Crippen molar-refractivity contribution < 1.29 is 4.79 Å². The Morgan fingerprint density at radius 1 is 0.886 bits per heavy atom. The first kappa shape index (κ1) is 22.1. The van der Waals surface area contributed by atoms with Crippen LogP contribution in [0.3, 0.4) is 0 Å². The quantitative estimate of drug-likeness (QED) is 0.272. The number of anilines is 2. The number of H-pyrrole nitrogens is 1. The van der Waals surface area contributed by atoms with Gasteiger partial charge in [-0.1, -0.05) is 48.5 Å². The minimum Gasteiger partial charge on any atom is -0.355 e. The summed E-state index contributed by atoms with van der Waals surface area (Å²) >= 11 is 0. The molecule has 172 valence electrons. The van der Waals surface area contributed by atoms with E-state index >= 15 is 0 Å². The summed E-state index contributed by atoms with van der Waals surface area (Å²) in [5.41, 5.74) is 6.03. The number of aromatic nitrogens is 3. The zero-order valence-electron chi connectivity index (χ0n) is 19.1. The Bertz CT molecular complexity index is 1460. The van der Waals surface area contributed by atoms with Gasteiger partial charge in [-0.05, 0) is 66.6 Å². The van der Waals surface area contributed by atoms with Crippen LogP contribution in [0.4, 0.5) is 11.4 Å². The average Bonchev–Trinajstić information content (AvgIpc) is 3.31. The van der Waals surface area contributed by atoms with Crippen molar-refractivity contribution in [1.29, 1.82) is 0 Å². The molecule has 0 bridgehead atoms. The van der Waals surface area contributed by atoms with E-state index in [1.807, 2.05) is 91.0 Å². The number of aromatic amines is 1. The van der Waals surface area contributed by atoms with Gasteiger partial charge in [-0.25, -0.2) is 0 Å². The van der Waals surface area contributed by atoms with Gasteiger partial charge in [0.25, 0.3) is 5.91 Å². The van der Waals surface area contributed by atoms with Crippen molar-refractivity contribution in [3.63, 3.8) is 0 Å². The second kappa shape index (κ2) is 10.5. The van der Waals surface area contributed by atoms with Crippen molar-refractivity contribution in [2.24, 2.45) is 0 Å². The molecule has 0 saturated heterocycles. The Labute approximate surface area is 203 Å². The monoisotopic (exact) mass is 459 g/mol. The largest absolute Gasteiger partial charge is 0.355 e. The highest BCUT2D eigenvalue weighted by atomic mass is 16.1. The van der Waals surface area contributed by atoms with Crippen molar-refractivity contribution in [3.8, 4) is 0 Å². The zero-order chi connectivity index (χ0) is 23.9. The van der Waals surface area contributed by atoms with E-state index in [0.717, 1.165) is 40.1 Å². The van der Waals surface area contributed by atoms with E-state index in [9.17, 15) is 4.79 Å². The lowest BCUT2D eigenvalue weighted by molar-refractivity contribution is 0.0955. The number of hydrogen-bond acceptors (Lipinski definition) is 4. The molecule has 6 nitrogen and oxygen atoms in total. The number of carbonyl (C=O) groups excluding carboxylic acids is 1. The third kappa shape index (κ3) is 5.45. The number of rotatable bonds is 8. The maximum atomic E-state index is 12.9. The molecule has 0 fully saturated rings. The fourth-order valence-electron chi connectivity index (χ4n) is 3.89. The van der Waals surface area contributed by atoms with Gasteiger partial charge in [0, 0.05) is 23.8 Å². The van der Waals surface area contributed by atoms with Crippen molar-refractivity contribution in [2.75, 3.05) is 11.9 Å². The molecule has 0 aliphatic rings. The third-order valence-corrected chi connectivity index (χ3v) is 5.68. The molecule has 3 aromatic carbocycles. The predicted molar refractivity (Wildman–Crippen MR) is 141 cm³/mol. The molecule has 0 saturated carbocycles. The van der Waals surface area contributed by atoms with Gasteiger partial charge in [0.2, 0.25) is 0 Å². The number of nitrogens with one attached hydrogen (secondary N) is 3. The molecule has 5 aromatic rings. The van der Waals surface area contributed by atoms with Crippen LogP contribution in [0.2, 0.25) is 0 Å². The zero-order valence-corrected chi connectivity index (χ0v) is 19.1. The number of hydrogen-bond donors (Lipinski definition) is 3. The number of pyridine rings is 1. The summed E-state index contributed by atoms with van der Waals surface area (Å²) in [6, 6.07) is 29.4. The lowest BCUT2D eigenvalue weighted by atomic mass is 10.1. The van der Waals surface area contributed by atoms with Gasteiger partial charge in [-0.15, -0.1) is 0 Å². The van der Waals surface area contributed by atoms with Crippen molar-refractivity contribution in [2.45, 2.75) is 6.42 Å². The summed E-state index contributed by atoms with van der Waals surface area (Å²) in [6.45, 7) is 0.575. The van der Waals surface area contributed by atoms with Gasteiger partial charge in [-0.2, -0.15) is 5.10 Å². The topological polar surface area (TPSA) is 82.7 Å². The first-order valence-electron chi connectivity index (χ1n) is 11.5. The van der Waals surface area contributed by atoms with Crippen LogP contribution >= 0.6 is 0 Å². The van der Waals surface area contributed by atoms with Gasteiger partial charge in [0.05, 0.1) is 28.2 Å². The van der Waals surface area contributed by atoms with Crippen LogP contribution in [0, 0.1) is 0 Å². The molecule has 0 spiro atoms. The van der Waals surface area contributed by atoms with Crippen LogP contribution in [0.5, 0.6) is 0 Å². The third-order valence-electron chi connectivity index (χ3n) is 5.68. The summed E-state index contributed by atoms with van der Waals surface area (Å²) in [4.78, 5) is 17.2. The van der Waals surface area contributed by atoms with E-state index in [1.165, 1.54) is 5.56 Å². The van der Waals surface area contributed by atoms with Crippen LogP contribution in [-0.2, 0) is 6.42 Å². The maximum Gasteiger partial charge on any atom is 0.253 e. The number of carbonyl (C=O) groups is 1. The highest BCUT2D eigenvalue weighted by Gasteiger charge is 2.12. The summed E-state index contributed by atoms with van der Waals surface area (Å²) < 4.78 is 0. The molecule has 3 N–H and O–H groups in total. The van der Waals surface area contributed by atoms with Crippen LogP contribution in [-0.4, -0.2) is 27.6 Å². The highest BCUT2D eigenvalue weighted by Crippen LogP contribution is 2.26. The summed E-state index contributed by atoms with van der Waals surface area (Å²) in [7, 11) is 0. The van der Waals surface area contributed by atoms with Crippen molar-refractivity contribution >= 4 is 40.3 Å². The van der Waals surface area contributed by atoms with Gasteiger partial charge in [0.15, 0.2) is 0 Å². The van der Waals surface area contributed by atoms with Gasteiger partial charge in [0.1, 0.15) is 0 Å². The minimum absolute atomic E-state index is 0.103. The Hall–Kier alpha value is -4.71. The Kier molecular flexibility index (Phi) is 6.62. The molecule has 0 radical (unpaired) electrons. The van der Waals surface area contributed by atoms with Gasteiger partial charge < -0.3 is 10.6 Å². The normalized spacial score (nSPS) is 11.1. The molecule has 1 amide bonds. The predicted octanol–water partition coefficient (Wildman–Crippen LogP) is 5.84. The summed E-state index contributed by atoms with van der Waals surface area (Å²) in [6.07, 6.45) is 6.44. The average molecular weight is 460 g/mol. The van der Waals surface area contributed by atoms with Crippen LogP contribution < -0.4 is 10.6 Å². The molecule has 2 aromatic heterocycles. The SMILES string of the molecule is O=C(NCCc1ccccc1)c1ccccc1Nc1ccc2c(/C=C/c3ccccn3)n[nH]c2c1. The van der Waals surface area contributed by atoms with Crippen LogP contribution in [0.15, 0.2) is 97.2 Å². The first-order chi connectivity index (χ1) is 17.3. The lowest BCUT2D eigenvalue weighted by Crippen LogP contribution is -2.26. The standard InChI is InChI=1S/C29H25N5O/c35-29(31-19-17-21-8-2-1-3-9-21)25-11-4-5-12-26(25)32-23-13-15-24-27(33-34-28(24)20-23)16-14-22-10-6-7-18-30-22/h1-16,18,20,32H,17,19H2,(H,31,35)(H,33,34)/b16-14+. The molecule has 0 aliphatic carbocycles. The lowest BCUT2D eigenvalue weighted by Gasteiger charge is -2.12. The maximum absolute atomic E-state index is 12.9. The molecule has 6 heteroatoms. The van der Waals surface area contributed by atoms with E-state index < -0.39 is 0 Å². The van der Waals surface area contributed by atoms with Crippen molar-refractivity contribution in [1.82, 2.24) is 20.5 Å². The highest BCUT2D eigenvalue weighted by molar-refractivity contribution is 6.00. The molecule has 0 unspecified atom stereocenters. The molecule has 35 heavy (non-hydrogen) atoms. The van der Waals surface area contributed by atoms with Crippen molar-refractivity contribution in [3.05, 3.63) is 120 Å². The number of nitrogens with zero attached hydrogens (tertiary/aromatic N) is 2.